The zero-order chi connectivity index (χ0) is 19.2. The first kappa shape index (κ1) is 18.9. The minimum atomic E-state index is -0.201. The van der Waals surface area contributed by atoms with Crippen molar-refractivity contribution < 1.29 is 14.3 Å². The van der Waals surface area contributed by atoms with Crippen molar-refractivity contribution in [3.8, 4) is 17.6 Å². The number of carbonyl (C=O) groups is 1. The Kier molecular flexibility index (Phi) is 6.09. The molecule has 1 fully saturated rings. The highest BCUT2D eigenvalue weighted by Crippen LogP contribution is 2.28. The monoisotopic (exact) mass is 386 g/mol. The Balaban J connectivity index is 1.51. The van der Waals surface area contributed by atoms with Gasteiger partial charge in [-0.3, -0.25) is 4.79 Å². The van der Waals surface area contributed by atoms with Gasteiger partial charge in [0.25, 0.3) is 5.91 Å². The number of aromatic nitrogens is 2. The molecule has 8 heteroatoms. The fraction of sp³-hybridized carbons (Fsp3) is 0.368. The van der Waals surface area contributed by atoms with Crippen LogP contribution in [0.2, 0.25) is 5.28 Å². The highest BCUT2D eigenvalue weighted by atomic mass is 35.5. The molecule has 0 aliphatic heterocycles. The van der Waals surface area contributed by atoms with E-state index in [2.05, 4.69) is 21.4 Å². The predicted molar refractivity (Wildman–Crippen MR) is 98.9 cm³/mol. The van der Waals surface area contributed by atoms with Gasteiger partial charge in [0.1, 0.15) is 17.6 Å². The third-order valence-electron chi connectivity index (χ3n) is 4.49. The lowest BCUT2D eigenvalue weighted by Crippen LogP contribution is -2.39. The lowest BCUT2D eigenvalue weighted by Gasteiger charge is -2.29. The Hall–Kier alpha value is -2.85. The molecule has 1 heterocycles. The first-order valence-corrected chi connectivity index (χ1v) is 9.00. The molecule has 1 aliphatic carbocycles. The summed E-state index contributed by atoms with van der Waals surface area (Å²) in [6, 6.07) is 7.36. The molecule has 1 aromatic heterocycles. The van der Waals surface area contributed by atoms with Gasteiger partial charge in [0.15, 0.2) is 0 Å². The van der Waals surface area contributed by atoms with Gasteiger partial charge in [-0.15, -0.1) is 0 Å². The summed E-state index contributed by atoms with van der Waals surface area (Å²) in [7, 11) is 1.53. The second kappa shape index (κ2) is 8.69. The molecule has 0 saturated heterocycles. The molecular weight excluding hydrogens is 368 g/mol. The van der Waals surface area contributed by atoms with Gasteiger partial charge in [0.2, 0.25) is 5.28 Å². The molecule has 0 radical (unpaired) electrons. The number of hydrogen-bond acceptors (Lipinski definition) is 6. The Morgan fingerprint density at radius 3 is 2.59 bits per heavy atom. The molecule has 7 nitrogen and oxygen atoms in total. The van der Waals surface area contributed by atoms with Crippen molar-refractivity contribution in [1.29, 1.82) is 5.26 Å². The first-order valence-electron chi connectivity index (χ1n) is 8.62. The van der Waals surface area contributed by atoms with Crippen molar-refractivity contribution in [3.05, 3.63) is 47.0 Å². The molecule has 0 bridgehead atoms. The second-order valence-corrected chi connectivity index (χ2v) is 6.62. The van der Waals surface area contributed by atoms with Gasteiger partial charge in [-0.1, -0.05) is 0 Å². The molecular formula is C19H19ClN4O3. The lowest BCUT2D eigenvalue weighted by molar-refractivity contribution is 0.0893. The summed E-state index contributed by atoms with van der Waals surface area (Å²) in [6.07, 6.45) is 6.18. The molecule has 0 spiro atoms. The minimum absolute atomic E-state index is 0.0645. The third kappa shape index (κ3) is 4.86. The molecule has 1 N–H and O–H groups in total. The smallest absolute Gasteiger partial charge is 0.254 e. The van der Waals surface area contributed by atoms with E-state index in [1.807, 2.05) is 0 Å². The maximum Gasteiger partial charge on any atom is 0.254 e. The number of nitriles is 1. The number of nitrogens with one attached hydrogen (secondary N) is 1. The zero-order valence-corrected chi connectivity index (χ0v) is 15.6. The summed E-state index contributed by atoms with van der Waals surface area (Å²) in [5.41, 5.74) is 0.866. The van der Waals surface area contributed by atoms with E-state index in [0.717, 1.165) is 25.7 Å². The zero-order valence-electron chi connectivity index (χ0n) is 14.8. The van der Waals surface area contributed by atoms with Gasteiger partial charge in [-0.25, -0.2) is 9.97 Å². The predicted octanol–water partition coefficient (Wildman–Crippen LogP) is 3.13. The van der Waals surface area contributed by atoms with Crippen molar-refractivity contribution in [2.24, 2.45) is 0 Å². The van der Waals surface area contributed by atoms with Crippen molar-refractivity contribution in [2.75, 3.05) is 7.11 Å². The van der Waals surface area contributed by atoms with E-state index in [0.29, 0.717) is 22.6 Å². The third-order valence-corrected chi connectivity index (χ3v) is 4.68. The maximum atomic E-state index is 12.2. The van der Waals surface area contributed by atoms with Crippen LogP contribution in [0, 0.1) is 11.3 Å². The minimum Gasteiger partial charge on any atom is -0.495 e. The average Bonchev–Trinajstić information content (AvgIpc) is 2.69. The van der Waals surface area contributed by atoms with Crippen LogP contribution in [0.25, 0.3) is 0 Å². The van der Waals surface area contributed by atoms with E-state index in [-0.39, 0.29) is 23.3 Å². The van der Waals surface area contributed by atoms with Crippen LogP contribution in [0.1, 0.15) is 41.6 Å². The van der Waals surface area contributed by atoms with Gasteiger partial charge in [-0.2, -0.15) is 5.26 Å². The van der Waals surface area contributed by atoms with Crippen molar-refractivity contribution >= 4 is 17.5 Å². The first-order chi connectivity index (χ1) is 13.1. The van der Waals surface area contributed by atoms with Crippen LogP contribution in [0.15, 0.2) is 30.6 Å². The Morgan fingerprint density at radius 1 is 1.26 bits per heavy atom. The van der Waals surface area contributed by atoms with E-state index in [1.54, 1.807) is 18.2 Å². The van der Waals surface area contributed by atoms with Gasteiger partial charge in [0.05, 0.1) is 24.3 Å². The number of ether oxygens (including phenoxy) is 2. The number of methoxy groups -OCH3 is 1. The molecule has 1 saturated carbocycles. The van der Waals surface area contributed by atoms with Gasteiger partial charge in [-0.05, 0) is 49.4 Å². The summed E-state index contributed by atoms with van der Waals surface area (Å²) in [5.74, 6) is 0.977. The van der Waals surface area contributed by atoms with Gasteiger partial charge < -0.3 is 14.8 Å². The van der Waals surface area contributed by atoms with E-state index in [4.69, 9.17) is 26.3 Å². The fourth-order valence-electron chi connectivity index (χ4n) is 3.05. The number of rotatable bonds is 5. The summed E-state index contributed by atoms with van der Waals surface area (Å²) in [4.78, 5) is 19.9. The van der Waals surface area contributed by atoms with Crippen LogP contribution in [-0.4, -0.2) is 35.1 Å². The standard InChI is InChI=1S/C19H19ClN4O3/c1-26-17-8-16(5-2-12(17)9-21)27-15-6-3-14(4-7-15)24-18(25)13-10-22-19(20)23-11-13/h2,5,8,10-11,14-15H,3-4,6-7H2,1H3,(H,24,25). The molecule has 1 aliphatic rings. The molecule has 140 valence electrons. The highest BCUT2D eigenvalue weighted by Gasteiger charge is 2.24. The summed E-state index contributed by atoms with van der Waals surface area (Å²) >= 11 is 5.64. The number of halogens is 1. The lowest BCUT2D eigenvalue weighted by atomic mass is 9.92. The van der Waals surface area contributed by atoms with Crippen LogP contribution < -0.4 is 14.8 Å². The van der Waals surface area contributed by atoms with Crippen LogP contribution in [-0.2, 0) is 0 Å². The molecule has 2 aromatic rings. The van der Waals surface area contributed by atoms with Gasteiger partial charge >= 0.3 is 0 Å². The van der Waals surface area contributed by atoms with Crippen molar-refractivity contribution in [2.45, 2.75) is 37.8 Å². The van der Waals surface area contributed by atoms with Crippen molar-refractivity contribution in [1.82, 2.24) is 15.3 Å². The van der Waals surface area contributed by atoms with Crippen LogP contribution in [0.4, 0.5) is 0 Å². The highest BCUT2D eigenvalue weighted by molar-refractivity contribution is 6.28. The quantitative estimate of drug-likeness (QED) is 0.793. The SMILES string of the molecule is COc1cc(OC2CCC(NC(=O)c3cnc(Cl)nc3)CC2)ccc1C#N. The topological polar surface area (TPSA) is 97.1 Å². The van der Waals surface area contributed by atoms with E-state index < -0.39 is 0 Å². The fourth-order valence-corrected chi connectivity index (χ4v) is 3.15. The molecule has 0 atom stereocenters. The molecule has 0 unspecified atom stereocenters. The number of amides is 1. The molecule has 1 aromatic carbocycles. The maximum absolute atomic E-state index is 12.2. The summed E-state index contributed by atoms with van der Waals surface area (Å²) in [6.45, 7) is 0. The molecule has 27 heavy (non-hydrogen) atoms. The van der Waals surface area contributed by atoms with E-state index >= 15 is 0 Å². The normalized spacial score (nSPS) is 19.0. The molecule has 1 amide bonds. The summed E-state index contributed by atoms with van der Waals surface area (Å²) in [5, 5.41) is 12.2. The number of nitrogens with zero attached hydrogens (tertiary/aromatic N) is 3. The van der Waals surface area contributed by atoms with E-state index in [1.165, 1.54) is 19.5 Å². The Bertz CT molecular complexity index is 843. The average molecular weight is 387 g/mol. The van der Waals surface area contributed by atoms with Crippen LogP contribution in [0.3, 0.4) is 0 Å². The number of carbonyl (C=O) groups excluding carboxylic acids is 1. The number of benzene rings is 1. The van der Waals surface area contributed by atoms with Gasteiger partial charge in [0, 0.05) is 24.5 Å². The van der Waals surface area contributed by atoms with Crippen LogP contribution in [0.5, 0.6) is 11.5 Å². The Morgan fingerprint density at radius 2 is 1.96 bits per heavy atom. The number of hydrogen-bond donors (Lipinski definition) is 1. The molecule has 3 rings (SSSR count). The van der Waals surface area contributed by atoms with E-state index in [9.17, 15) is 4.79 Å². The summed E-state index contributed by atoms with van der Waals surface area (Å²) < 4.78 is 11.2. The Labute approximate surface area is 162 Å². The van der Waals surface area contributed by atoms with Crippen molar-refractivity contribution in [3.63, 3.8) is 0 Å². The second-order valence-electron chi connectivity index (χ2n) is 6.28. The van der Waals surface area contributed by atoms with Crippen LogP contribution >= 0.6 is 11.6 Å². The largest absolute Gasteiger partial charge is 0.495 e.